The summed E-state index contributed by atoms with van der Waals surface area (Å²) in [5.74, 6) is 0. The summed E-state index contributed by atoms with van der Waals surface area (Å²) < 4.78 is 0. The fourth-order valence-corrected chi connectivity index (χ4v) is 1.81. The van der Waals surface area contributed by atoms with Crippen LogP contribution in [0.5, 0.6) is 0 Å². The van der Waals surface area contributed by atoms with Gasteiger partial charge in [0.05, 0.1) is 17.6 Å². The number of aromatic nitrogens is 1. The van der Waals surface area contributed by atoms with E-state index < -0.39 is 0 Å². The van der Waals surface area contributed by atoms with Gasteiger partial charge in [-0.25, -0.2) is 5.01 Å². The minimum Gasteiger partial charge on any atom is -0.375 e. The van der Waals surface area contributed by atoms with Crippen molar-refractivity contribution < 1.29 is 0 Å². The molecule has 2 heterocycles. The van der Waals surface area contributed by atoms with Crippen LogP contribution in [0.2, 0.25) is 0 Å². The van der Waals surface area contributed by atoms with E-state index in [1.165, 1.54) is 12.8 Å². The fraction of sp³-hybridized carbons (Fsp3) is 0.364. The molecule has 0 unspecified atom stereocenters. The van der Waals surface area contributed by atoms with E-state index in [0.29, 0.717) is 0 Å². The second-order valence-electron chi connectivity index (χ2n) is 4.01. The predicted octanol–water partition coefficient (Wildman–Crippen LogP) is 0.671. The number of pyridine rings is 1. The van der Waals surface area contributed by atoms with Crippen LogP contribution in [0.25, 0.3) is 0 Å². The zero-order valence-corrected chi connectivity index (χ0v) is 10.8. The molecule has 1 aromatic rings. The van der Waals surface area contributed by atoms with Crippen LogP contribution in [0.4, 0.5) is 5.69 Å². The molecule has 0 bridgehead atoms. The summed E-state index contributed by atoms with van der Waals surface area (Å²) in [7, 11) is 0. The summed E-state index contributed by atoms with van der Waals surface area (Å²) >= 11 is 4.65. The number of hydrogen-bond donors (Lipinski definition) is 3. The number of hydrazine groups is 1. The Labute approximate surface area is 111 Å². The van der Waals surface area contributed by atoms with E-state index in [9.17, 15) is 0 Å². The van der Waals surface area contributed by atoms with Crippen molar-refractivity contribution in [1.29, 1.82) is 0 Å². The van der Waals surface area contributed by atoms with Crippen molar-refractivity contribution in [3.05, 3.63) is 24.0 Å². The number of rotatable bonds is 4. The molecule has 0 atom stereocenters. The smallest absolute Gasteiger partial charge is 0.184 e. The van der Waals surface area contributed by atoms with Crippen LogP contribution in [-0.2, 0) is 0 Å². The van der Waals surface area contributed by atoms with Crippen LogP contribution in [0.3, 0.4) is 0 Å². The zero-order valence-electron chi connectivity index (χ0n) is 9.97. The van der Waals surface area contributed by atoms with Crippen molar-refractivity contribution in [2.75, 3.05) is 18.5 Å². The first kappa shape index (κ1) is 12.7. The summed E-state index contributed by atoms with van der Waals surface area (Å²) in [6.07, 6.45) is 5.80. The Bertz CT molecular complexity index is 441. The molecule has 1 fully saturated rings. The third-order valence-electron chi connectivity index (χ3n) is 2.55. The molecule has 7 heteroatoms. The van der Waals surface area contributed by atoms with E-state index in [4.69, 9.17) is 5.73 Å². The molecule has 0 saturated carbocycles. The molecule has 0 aliphatic carbocycles. The molecular formula is C11H16N6S. The average molecular weight is 264 g/mol. The SMILES string of the molecule is NC(=S)NN=Cc1cc(NN2CCCC2)ccn1. The predicted molar refractivity (Wildman–Crippen MR) is 76.2 cm³/mol. The quantitative estimate of drug-likeness (QED) is 0.421. The Morgan fingerprint density at radius 1 is 1.50 bits per heavy atom. The molecule has 0 amide bonds. The molecule has 0 radical (unpaired) electrons. The highest BCUT2D eigenvalue weighted by Gasteiger charge is 2.10. The summed E-state index contributed by atoms with van der Waals surface area (Å²) in [5.41, 5.74) is 12.8. The van der Waals surface area contributed by atoms with Crippen LogP contribution < -0.4 is 16.6 Å². The van der Waals surface area contributed by atoms with Crippen LogP contribution >= 0.6 is 12.2 Å². The van der Waals surface area contributed by atoms with E-state index in [0.717, 1.165) is 24.5 Å². The van der Waals surface area contributed by atoms with Gasteiger partial charge in [0.15, 0.2) is 5.11 Å². The molecule has 0 spiro atoms. The van der Waals surface area contributed by atoms with Gasteiger partial charge in [0.1, 0.15) is 0 Å². The van der Waals surface area contributed by atoms with Crippen molar-refractivity contribution in [2.45, 2.75) is 12.8 Å². The van der Waals surface area contributed by atoms with Crippen molar-refractivity contribution in [1.82, 2.24) is 15.4 Å². The third-order valence-corrected chi connectivity index (χ3v) is 2.64. The lowest BCUT2D eigenvalue weighted by molar-refractivity contribution is 0.410. The maximum Gasteiger partial charge on any atom is 0.184 e. The molecule has 1 aliphatic rings. The summed E-state index contributed by atoms with van der Waals surface area (Å²) in [4.78, 5) is 4.18. The Morgan fingerprint density at radius 3 is 3.00 bits per heavy atom. The van der Waals surface area contributed by atoms with Gasteiger partial charge in [-0.15, -0.1) is 0 Å². The van der Waals surface area contributed by atoms with Crippen LogP contribution in [-0.4, -0.2) is 34.4 Å². The molecule has 96 valence electrons. The van der Waals surface area contributed by atoms with Crippen LogP contribution in [0.15, 0.2) is 23.4 Å². The normalized spacial score (nSPS) is 16.0. The molecule has 18 heavy (non-hydrogen) atoms. The standard InChI is InChI=1S/C11H16N6S/c12-11(18)15-14-8-10-7-9(3-4-13-10)16-17-5-1-2-6-17/h3-4,7-8H,1-2,5-6H2,(H,13,16)(H3,12,15,18). The van der Waals surface area contributed by atoms with Gasteiger partial charge in [0.25, 0.3) is 0 Å². The maximum absolute atomic E-state index is 5.26. The van der Waals surface area contributed by atoms with Gasteiger partial charge < -0.3 is 11.2 Å². The van der Waals surface area contributed by atoms with Gasteiger partial charge in [0.2, 0.25) is 0 Å². The van der Waals surface area contributed by atoms with Crippen LogP contribution in [0.1, 0.15) is 18.5 Å². The molecule has 1 aliphatic heterocycles. The zero-order chi connectivity index (χ0) is 12.8. The topological polar surface area (TPSA) is 78.6 Å². The minimum atomic E-state index is 0.137. The lowest BCUT2D eigenvalue weighted by atomic mass is 10.3. The first-order chi connectivity index (χ1) is 8.74. The summed E-state index contributed by atoms with van der Waals surface area (Å²) in [5, 5.41) is 6.20. The second kappa shape index (κ2) is 6.27. The first-order valence-electron chi connectivity index (χ1n) is 5.80. The van der Waals surface area contributed by atoms with Gasteiger partial charge in [0, 0.05) is 19.3 Å². The average Bonchev–Trinajstić information content (AvgIpc) is 2.82. The molecule has 1 aromatic heterocycles. The fourth-order valence-electron chi connectivity index (χ4n) is 1.76. The molecule has 1 saturated heterocycles. The van der Waals surface area contributed by atoms with Crippen molar-refractivity contribution in [2.24, 2.45) is 10.8 Å². The number of anilines is 1. The Hall–Kier alpha value is -1.73. The van der Waals surface area contributed by atoms with Crippen LogP contribution in [0, 0.1) is 0 Å². The highest BCUT2D eigenvalue weighted by Crippen LogP contribution is 2.12. The van der Waals surface area contributed by atoms with Gasteiger partial charge in [-0.3, -0.25) is 10.4 Å². The van der Waals surface area contributed by atoms with E-state index in [1.807, 2.05) is 12.1 Å². The summed E-state index contributed by atoms with van der Waals surface area (Å²) in [6, 6.07) is 3.85. The maximum atomic E-state index is 5.26. The van der Waals surface area contributed by atoms with Crippen molar-refractivity contribution in [3.63, 3.8) is 0 Å². The van der Waals surface area contributed by atoms with Gasteiger partial charge in [-0.2, -0.15) is 5.10 Å². The highest BCUT2D eigenvalue weighted by atomic mass is 32.1. The molecule has 4 N–H and O–H groups in total. The lowest BCUT2D eigenvalue weighted by Gasteiger charge is -2.17. The number of nitrogens with zero attached hydrogens (tertiary/aromatic N) is 3. The Balaban J connectivity index is 1.95. The molecule has 2 rings (SSSR count). The van der Waals surface area contributed by atoms with E-state index in [1.54, 1.807) is 12.4 Å². The van der Waals surface area contributed by atoms with E-state index in [2.05, 4.69) is 38.2 Å². The van der Waals surface area contributed by atoms with Crippen molar-refractivity contribution in [3.8, 4) is 0 Å². The van der Waals surface area contributed by atoms with Gasteiger partial charge >= 0.3 is 0 Å². The largest absolute Gasteiger partial charge is 0.375 e. The van der Waals surface area contributed by atoms with Crippen molar-refractivity contribution >= 4 is 29.2 Å². The second-order valence-corrected chi connectivity index (χ2v) is 4.45. The molecule has 6 nitrogen and oxygen atoms in total. The van der Waals surface area contributed by atoms with E-state index >= 15 is 0 Å². The Morgan fingerprint density at radius 2 is 2.28 bits per heavy atom. The minimum absolute atomic E-state index is 0.137. The molecular weight excluding hydrogens is 248 g/mol. The van der Waals surface area contributed by atoms with Gasteiger partial charge in [-0.05, 0) is 37.2 Å². The highest BCUT2D eigenvalue weighted by molar-refractivity contribution is 7.80. The Kier molecular flexibility index (Phi) is 4.43. The number of hydrazone groups is 1. The van der Waals surface area contributed by atoms with E-state index in [-0.39, 0.29) is 5.11 Å². The lowest BCUT2D eigenvalue weighted by Crippen LogP contribution is -2.26. The number of thiocarbonyl (C=S) groups is 1. The molecule has 0 aromatic carbocycles. The monoisotopic (exact) mass is 264 g/mol. The number of nitrogens with two attached hydrogens (primary N) is 1. The number of hydrogen-bond acceptors (Lipinski definition) is 5. The number of nitrogens with one attached hydrogen (secondary N) is 2. The first-order valence-corrected chi connectivity index (χ1v) is 6.21. The van der Waals surface area contributed by atoms with Gasteiger partial charge in [-0.1, -0.05) is 0 Å². The summed E-state index contributed by atoms with van der Waals surface area (Å²) in [6.45, 7) is 2.16. The third kappa shape index (κ3) is 3.94.